The molecule has 1 aliphatic rings. The molecule has 0 atom stereocenters. The van der Waals surface area contributed by atoms with Crippen LogP contribution in [0.5, 0.6) is 0 Å². The Morgan fingerprint density at radius 2 is 1.67 bits per heavy atom. The Morgan fingerprint density at radius 1 is 1.10 bits per heavy atom. The van der Waals surface area contributed by atoms with E-state index >= 15 is 0 Å². The fourth-order valence-electron chi connectivity index (χ4n) is 2.32. The minimum Gasteiger partial charge on any atom is -0.399 e. The predicted octanol–water partition coefficient (Wildman–Crippen LogP) is 2.79. The van der Waals surface area contributed by atoms with Crippen molar-refractivity contribution in [3.63, 3.8) is 0 Å². The first-order chi connectivity index (χ1) is 9.62. The summed E-state index contributed by atoms with van der Waals surface area (Å²) in [7, 11) is -0.284. The van der Waals surface area contributed by atoms with Crippen LogP contribution in [0.2, 0.25) is 0 Å². The SMILES string of the molecule is Cc1ccc(B2OC(C)(C)C(C)(C)O2)cc1CNC(C)C. The first-order valence-electron chi connectivity index (χ1n) is 7.81. The molecule has 1 saturated heterocycles. The van der Waals surface area contributed by atoms with Crippen LogP contribution >= 0.6 is 0 Å². The molecule has 0 aromatic heterocycles. The van der Waals surface area contributed by atoms with Crippen LogP contribution in [0.15, 0.2) is 18.2 Å². The Bertz CT molecular complexity index is 496. The van der Waals surface area contributed by atoms with E-state index in [1.54, 1.807) is 0 Å². The lowest BCUT2D eigenvalue weighted by Crippen LogP contribution is -2.41. The molecule has 0 amide bonds. The van der Waals surface area contributed by atoms with E-state index in [9.17, 15) is 0 Å². The summed E-state index contributed by atoms with van der Waals surface area (Å²) in [6.45, 7) is 15.7. The van der Waals surface area contributed by atoms with Gasteiger partial charge in [-0.25, -0.2) is 0 Å². The smallest absolute Gasteiger partial charge is 0.399 e. The van der Waals surface area contributed by atoms with Gasteiger partial charge in [0.1, 0.15) is 0 Å². The molecule has 0 saturated carbocycles. The minimum absolute atomic E-state index is 0.284. The van der Waals surface area contributed by atoms with Crippen molar-refractivity contribution in [1.82, 2.24) is 5.32 Å². The average Bonchev–Trinajstić information content (AvgIpc) is 2.57. The lowest BCUT2D eigenvalue weighted by Gasteiger charge is -2.32. The van der Waals surface area contributed by atoms with Gasteiger partial charge in [0, 0.05) is 12.6 Å². The van der Waals surface area contributed by atoms with Gasteiger partial charge in [-0.05, 0) is 51.2 Å². The van der Waals surface area contributed by atoms with E-state index in [0.29, 0.717) is 6.04 Å². The van der Waals surface area contributed by atoms with Gasteiger partial charge in [0.15, 0.2) is 0 Å². The van der Waals surface area contributed by atoms with Gasteiger partial charge < -0.3 is 14.6 Å². The zero-order chi connectivity index (χ0) is 15.8. The molecule has 1 N–H and O–H groups in total. The van der Waals surface area contributed by atoms with Crippen LogP contribution in [0, 0.1) is 6.92 Å². The zero-order valence-corrected chi connectivity index (χ0v) is 14.4. The van der Waals surface area contributed by atoms with E-state index in [2.05, 4.69) is 72.0 Å². The normalized spacial score (nSPS) is 20.3. The fraction of sp³-hybridized carbons (Fsp3) is 0.647. The van der Waals surface area contributed by atoms with Crippen LogP contribution in [0.1, 0.15) is 52.7 Å². The monoisotopic (exact) mass is 289 g/mol. The van der Waals surface area contributed by atoms with Crippen molar-refractivity contribution in [1.29, 1.82) is 0 Å². The van der Waals surface area contributed by atoms with Crippen molar-refractivity contribution in [2.24, 2.45) is 0 Å². The highest BCUT2D eigenvalue weighted by Gasteiger charge is 2.51. The Morgan fingerprint density at radius 3 is 2.19 bits per heavy atom. The molecule has 2 rings (SSSR count). The van der Waals surface area contributed by atoms with Crippen LogP contribution in [0.25, 0.3) is 0 Å². The van der Waals surface area contributed by atoms with E-state index < -0.39 is 0 Å². The van der Waals surface area contributed by atoms with Gasteiger partial charge in [0.25, 0.3) is 0 Å². The van der Waals surface area contributed by atoms with Crippen molar-refractivity contribution in [2.45, 2.75) is 72.3 Å². The van der Waals surface area contributed by atoms with Crippen molar-refractivity contribution in [3.8, 4) is 0 Å². The molecule has 4 heteroatoms. The number of hydrogen-bond donors (Lipinski definition) is 1. The summed E-state index contributed by atoms with van der Waals surface area (Å²) in [5.74, 6) is 0. The maximum Gasteiger partial charge on any atom is 0.494 e. The first-order valence-corrected chi connectivity index (χ1v) is 7.81. The molecule has 116 valence electrons. The second kappa shape index (κ2) is 5.75. The Kier molecular flexibility index (Phi) is 4.53. The van der Waals surface area contributed by atoms with Gasteiger partial charge in [-0.15, -0.1) is 0 Å². The molecule has 0 radical (unpaired) electrons. The standard InChI is InChI=1S/C17H28BNO2/c1-12(2)19-11-14-10-15(9-8-13(14)3)18-20-16(4,5)17(6,7)21-18/h8-10,12,19H,11H2,1-7H3. The second-order valence-electron chi connectivity index (χ2n) is 7.31. The second-order valence-corrected chi connectivity index (χ2v) is 7.31. The molecule has 0 spiro atoms. The Labute approximate surface area is 129 Å². The molecule has 0 unspecified atom stereocenters. The van der Waals surface area contributed by atoms with Crippen molar-refractivity contribution in [3.05, 3.63) is 29.3 Å². The summed E-state index contributed by atoms with van der Waals surface area (Å²) in [5.41, 5.74) is 3.11. The van der Waals surface area contributed by atoms with Crippen LogP contribution < -0.4 is 10.8 Å². The molecule has 1 aromatic rings. The van der Waals surface area contributed by atoms with Gasteiger partial charge in [-0.3, -0.25) is 0 Å². The molecular weight excluding hydrogens is 261 g/mol. The highest BCUT2D eigenvalue weighted by molar-refractivity contribution is 6.62. The van der Waals surface area contributed by atoms with Crippen LogP contribution in [-0.4, -0.2) is 24.4 Å². The van der Waals surface area contributed by atoms with E-state index in [0.717, 1.165) is 12.0 Å². The third kappa shape index (κ3) is 3.50. The number of benzene rings is 1. The van der Waals surface area contributed by atoms with Gasteiger partial charge in [0.05, 0.1) is 11.2 Å². The minimum atomic E-state index is -0.293. The van der Waals surface area contributed by atoms with Crippen LogP contribution in [0.4, 0.5) is 0 Å². The highest BCUT2D eigenvalue weighted by Crippen LogP contribution is 2.36. The summed E-state index contributed by atoms with van der Waals surface area (Å²) < 4.78 is 12.3. The number of aryl methyl sites for hydroxylation is 1. The Balaban J connectivity index is 2.20. The summed E-state index contributed by atoms with van der Waals surface area (Å²) >= 11 is 0. The number of nitrogens with one attached hydrogen (secondary N) is 1. The fourth-order valence-corrected chi connectivity index (χ4v) is 2.32. The molecule has 1 aliphatic heterocycles. The number of rotatable bonds is 4. The van der Waals surface area contributed by atoms with Crippen molar-refractivity contribution < 1.29 is 9.31 Å². The summed E-state index contributed by atoms with van der Waals surface area (Å²) in [6.07, 6.45) is 0. The maximum absolute atomic E-state index is 6.13. The van der Waals surface area contributed by atoms with E-state index in [4.69, 9.17) is 9.31 Å². The summed E-state index contributed by atoms with van der Waals surface area (Å²) in [4.78, 5) is 0. The molecular formula is C17H28BNO2. The van der Waals surface area contributed by atoms with Crippen molar-refractivity contribution >= 4 is 12.6 Å². The molecule has 3 nitrogen and oxygen atoms in total. The molecule has 0 aliphatic carbocycles. The molecule has 21 heavy (non-hydrogen) atoms. The van der Waals surface area contributed by atoms with E-state index in [1.807, 2.05) is 0 Å². The predicted molar refractivity (Wildman–Crippen MR) is 88.9 cm³/mol. The van der Waals surface area contributed by atoms with Gasteiger partial charge in [0.2, 0.25) is 0 Å². The van der Waals surface area contributed by atoms with Crippen LogP contribution in [0.3, 0.4) is 0 Å². The third-order valence-electron chi connectivity index (χ3n) is 4.60. The quantitative estimate of drug-likeness (QED) is 0.865. The first kappa shape index (κ1) is 16.5. The maximum atomic E-state index is 6.13. The van der Waals surface area contributed by atoms with Gasteiger partial charge in [-0.2, -0.15) is 0 Å². The van der Waals surface area contributed by atoms with Gasteiger partial charge in [-0.1, -0.05) is 32.0 Å². The highest BCUT2D eigenvalue weighted by atomic mass is 16.7. The molecule has 0 bridgehead atoms. The van der Waals surface area contributed by atoms with Crippen molar-refractivity contribution in [2.75, 3.05) is 0 Å². The van der Waals surface area contributed by atoms with Gasteiger partial charge >= 0.3 is 7.12 Å². The summed E-state index contributed by atoms with van der Waals surface area (Å²) in [6, 6.07) is 6.94. The lowest BCUT2D eigenvalue weighted by molar-refractivity contribution is 0.00578. The molecule has 1 aromatic carbocycles. The molecule has 1 fully saturated rings. The third-order valence-corrected chi connectivity index (χ3v) is 4.60. The van der Waals surface area contributed by atoms with Crippen LogP contribution in [-0.2, 0) is 15.9 Å². The molecule has 1 heterocycles. The largest absolute Gasteiger partial charge is 0.494 e. The summed E-state index contributed by atoms with van der Waals surface area (Å²) in [5, 5.41) is 3.47. The number of hydrogen-bond acceptors (Lipinski definition) is 3. The Hall–Kier alpha value is -0.835. The lowest BCUT2D eigenvalue weighted by atomic mass is 9.78. The van der Waals surface area contributed by atoms with E-state index in [1.165, 1.54) is 11.1 Å². The average molecular weight is 289 g/mol. The zero-order valence-electron chi connectivity index (χ0n) is 14.4. The van der Waals surface area contributed by atoms with E-state index in [-0.39, 0.29) is 18.3 Å². The topological polar surface area (TPSA) is 30.5 Å².